The summed E-state index contributed by atoms with van der Waals surface area (Å²) in [5, 5.41) is 0. The number of ether oxygens (including phenoxy) is 1. The fourth-order valence-electron chi connectivity index (χ4n) is 2.72. The van der Waals surface area contributed by atoms with Crippen molar-refractivity contribution in [3.05, 3.63) is 0 Å². The van der Waals surface area contributed by atoms with Gasteiger partial charge in [-0.3, -0.25) is 4.99 Å². The lowest BCUT2D eigenvalue weighted by molar-refractivity contribution is 0.0129. The van der Waals surface area contributed by atoms with E-state index < -0.39 is 0 Å². The Morgan fingerprint density at radius 3 is 2.56 bits per heavy atom. The first-order valence-corrected chi connectivity index (χ1v) is 6.77. The second-order valence-electron chi connectivity index (χ2n) is 5.07. The number of rotatable bonds is 4. The van der Waals surface area contributed by atoms with Crippen LogP contribution in [0, 0.1) is 5.92 Å². The van der Waals surface area contributed by atoms with Crippen molar-refractivity contribution in [1.29, 1.82) is 0 Å². The van der Waals surface area contributed by atoms with Gasteiger partial charge in [0.05, 0.1) is 11.9 Å². The molecular weight excluding hydrogens is 200 g/mol. The Balaban J connectivity index is 1.66. The van der Waals surface area contributed by atoms with E-state index in [4.69, 9.17) is 10.5 Å². The summed E-state index contributed by atoms with van der Waals surface area (Å²) < 4.78 is 5.68. The van der Waals surface area contributed by atoms with E-state index in [-0.39, 0.29) is 0 Å². The zero-order chi connectivity index (χ0) is 11.2. The van der Waals surface area contributed by atoms with Crippen LogP contribution >= 0.6 is 0 Å². The SMILES string of the molecule is NC(=NCCC1CCCCO1)C1CCCC1. The van der Waals surface area contributed by atoms with Crippen LogP contribution in [0.4, 0.5) is 0 Å². The average Bonchev–Trinajstić information content (AvgIpc) is 2.84. The maximum absolute atomic E-state index is 6.00. The van der Waals surface area contributed by atoms with Gasteiger partial charge in [-0.1, -0.05) is 12.8 Å². The molecule has 1 atom stereocenters. The van der Waals surface area contributed by atoms with Crippen LogP contribution in [0.5, 0.6) is 0 Å². The van der Waals surface area contributed by atoms with Gasteiger partial charge in [0.25, 0.3) is 0 Å². The Bertz CT molecular complexity index is 228. The molecule has 2 rings (SSSR count). The zero-order valence-electron chi connectivity index (χ0n) is 10.2. The van der Waals surface area contributed by atoms with Crippen LogP contribution in [0.25, 0.3) is 0 Å². The molecule has 16 heavy (non-hydrogen) atoms. The van der Waals surface area contributed by atoms with Gasteiger partial charge in [0.15, 0.2) is 0 Å². The van der Waals surface area contributed by atoms with Crippen molar-refractivity contribution < 1.29 is 4.74 Å². The van der Waals surface area contributed by atoms with Crippen LogP contribution in [-0.4, -0.2) is 25.1 Å². The molecule has 0 aromatic carbocycles. The van der Waals surface area contributed by atoms with Crippen LogP contribution in [-0.2, 0) is 4.74 Å². The van der Waals surface area contributed by atoms with Crippen molar-refractivity contribution in [2.75, 3.05) is 13.2 Å². The number of amidine groups is 1. The van der Waals surface area contributed by atoms with E-state index in [9.17, 15) is 0 Å². The van der Waals surface area contributed by atoms with Crippen LogP contribution in [0.1, 0.15) is 51.4 Å². The molecule has 1 heterocycles. The largest absolute Gasteiger partial charge is 0.387 e. The zero-order valence-corrected chi connectivity index (χ0v) is 10.2. The van der Waals surface area contributed by atoms with E-state index in [0.29, 0.717) is 12.0 Å². The van der Waals surface area contributed by atoms with Crippen LogP contribution in [0.3, 0.4) is 0 Å². The summed E-state index contributed by atoms with van der Waals surface area (Å²) in [5.74, 6) is 1.47. The van der Waals surface area contributed by atoms with Crippen LogP contribution < -0.4 is 5.73 Å². The molecule has 2 fully saturated rings. The van der Waals surface area contributed by atoms with Gasteiger partial charge in [-0.25, -0.2) is 0 Å². The summed E-state index contributed by atoms with van der Waals surface area (Å²) in [4.78, 5) is 4.51. The minimum Gasteiger partial charge on any atom is -0.387 e. The Labute approximate surface area is 98.5 Å². The lowest BCUT2D eigenvalue weighted by Crippen LogP contribution is -2.23. The van der Waals surface area contributed by atoms with E-state index in [1.165, 1.54) is 44.9 Å². The second-order valence-corrected chi connectivity index (χ2v) is 5.07. The van der Waals surface area contributed by atoms with E-state index in [2.05, 4.69) is 4.99 Å². The molecule has 0 amide bonds. The third-order valence-corrected chi connectivity index (χ3v) is 3.79. The molecule has 1 aliphatic heterocycles. The molecular formula is C13H24N2O. The fraction of sp³-hybridized carbons (Fsp3) is 0.923. The highest BCUT2D eigenvalue weighted by molar-refractivity contribution is 5.83. The second kappa shape index (κ2) is 6.24. The van der Waals surface area contributed by atoms with E-state index in [0.717, 1.165) is 25.4 Å². The minimum absolute atomic E-state index is 0.439. The molecule has 92 valence electrons. The monoisotopic (exact) mass is 224 g/mol. The van der Waals surface area contributed by atoms with Crippen molar-refractivity contribution in [2.24, 2.45) is 16.6 Å². The molecule has 1 saturated carbocycles. The number of nitrogens with zero attached hydrogens (tertiary/aromatic N) is 1. The standard InChI is InChI=1S/C13H24N2O/c14-13(11-5-1-2-6-11)15-9-8-12-7-3-4-10-16-12/h11-12H,1-10H2,(H2,14,15). The van der Waals surface area contributed by atoms with Gasteiger partial charge in [-0.15, -0.1) is 0 Å². The molecule has 2 aliphatic rings. The predicted molar refractivity (Wildman–Crippen MR) is 66.7 cm³/mol. The first-order valence-electron chi connectivity index (χ1n) is 6.77. The van der Waals surface area contributed by atoms with Gasteiger partial charge in [0, 0.05) is 19.1 Å². The van der Waals surface area contributed by atoms with Gasteiger partial charge in [-0.2, -0.15) is 0 Å². The highest BCUT2D eigenvalue weighted by Gasteiger charge is 2.18. The third-order valence-electron chi connectivity index (χ3n) is 3.79. The van der Waals surface area contributed by atoms with Gasteiger partial charge >= 0.3 is 0 Å². The van der Waals surface area contributed by atoms with Crippen molar-refractivity contribution in [3.8, 4) is 0 Å². The number of hydrogen-bond donors (Lipinski definition) is 1. The molecule has 0 radical (unpaired) electrons. The molecule has 0 aromatic heterocycles. The van der Waals surface area contributed by atoms with Crippen molar-refractivity contribution in [1.82, 2.24) is 0 Å². The van der Waals surface area contributed by atoms with Crippen LogP contribution in [0.15, 0.2) is 4.99 Å². The Kier molecular flexibility index (Phi) is 4.64. The first kappa shape index (κ1) is 11.9. The molecule has 0 bridgehead atoms. The molecule has 0 spiro atoms. The van der Waals surface area contributed by atoms with E-state index in [1.807, 2.05) is 0 Å². The molecule has 3 nitrogen and oxygen atoms in total. The predicted octanol–water partition coefficient (Wildman–Crippen LogP) is 2.49. The van der Waals surface area contributed by atoms with Crippen molar-refractivity contribution in [3.63, 3.8) is 0 Å². The lowest BCUT2D eigenvalue weighted by Gasteiger charge is -2.21. The van der Waals surface area contributed by atoms with E-state index >= 15 is 0 Å². The Morgan fingerprint density at radius 2 is 1.88 bits per heavy atom. The summed E-state index contributed by atoms with van der Waals surface area (Å²) in [5.41, 5.74) is 6.00. The van der Waals surface area contributed by atoms with Crippen molar-refractivity contribution in [2.45, 2.75) is 57.5 Å². The topological polar surface area (TPSA) is 47.6 Å². The average molecular weight is 224 g/mol. The maximum atomic E-state index is 6.00. The first-order chi connectivity index (χ1) is 7.86. The fourth-order valence-corrected chi connectivity index (χ4v) is 2.72. The third kappa shape index (κ3) is 3.48. The summed E-state index contributed by atoms with van der Waals surface area (Å²) in [7, 11) is 0. The maximum Gasteiger partial charge on any atom is 0.0968 e. The van der Waals surface area contributed by atoms with Crippen LogP contribution in [0.2, 0.25) is 0 Å². The van der Waals surface area contributed by atoms with E-state index in [1.54, 1.807) is 0 Å². The Hall–Kier alpha value is -0.570. The smallest absolute Gasteiger partial charge is 0.0968 e. The molecule has 3 heteroatoms. The highest BCUT2D eigenvalue weighted by atomic mass is 16.5. The summed E-state index contributed by atoms with van der Waals surface area (Å²) in [6, 6.07) is 0. The minimum atomic E-state index is 0.439. The van der Waals surface area contributed by atoms with Gasteiger partial charge in [0.2, 0.25) is 0 Å². The molecule has 1 aliphatic carbocycles. The molecule has 2 N–H and O–H groups in total. The Morgan fingerprint density at radius 1 is 1.12 bits per heavy atom. The van der Waals surface area contributed by atoms with Gasteiger partial charge in [-0.05, 0) is 38.5 Å². The molecule has 0 aromatic rings. The number of aliphatic imine (C=N–C) groups is 1. The highest BCUT2D eigenvalue weighted by Crippen LogP contribution is 2.24. The van der Waals surface area contributed by atoms with Gasteiger partial charge in [0.1, 0.15) is 0 Å². The summed E-state index contributed by atoms with van der Waals surface area (Å²) in [6.07, 6.45) is 10.4. The normalized spacial score (nSPS) is 28.5. The summed E-state index contributed by atoms with van der Waals surface area (Å²) >= 11 is 0. The van der Waals surface area contributed by atoms with Crippen molar-refractivity contribution >= 4 is 5.84 Å². The number of nitrogens with two attached hydrogens (primary N) is 1. The lowest BCUT2D eigenvalue weighted by atomic mass is 10.1. The molecule has 1 unspecified atom stereocenters. The quantitative estimate of drug-likeness (QED) is 0.589. The summed E-state index contributed by atoms with van der Waals surface area (Å²) in [6.45, 7) is 1.79. The molecule has 1 saturated heterocycles. The van der Waals surface area contributed by atoms with Gasteiger partial charge < -0.3 is 10.5 Å². The number of hydrogen-bond acceptors (Lipinski definition) is 2.